The summed E-state index contributed by atoms with van der Waals surface area (Å²) in [6.45, 7) is 0. The highest BCUT2D eigenvalue weighted by atomic mass is 35.5. The van der Waals surface area contributed by atoms with E-state index in [9.17, 15) is 4.79 Å². The van der Waals surface area contributed by atoms with Crippen molar-refractivity contribution in [3.05, 3.63) is 41.0 Å². The van der Waals surface area contributed by atoms with Gasteiger partial charge in [-0.05, 0) is 18.2 Å². The molecule has 0 spiro atoms. The molecule has 0 aliphatic rings. The van der Waals surface area contributed by atoms with Crippen LogP contribution in [0.4, 0.5) is 5.69 Å². The Morgan fingerprint density at radius 1 is 1.09 bits per heavy atom. The van der Waals surface area contributed by atoms with Crippen LogP contribution in [0.25, 0.3) is 0 Å². The zero-order valence-corrected chi connectivity index (χ0v) is 13.1. The maximum atomic E-state index is 12.4. The molecular weight excluding hydrogens is 308 g/mol. The molecule has 1 aromatic heterocycles. The smallest absolute Gasteiger partial charge is 0.256 e. The van der Waals surface area contributed by atoms with Crippen molar-refractivity contribution in [1.82, 2.24) is 4.98 Å². The minimum Gasteiger partial charge on any atom is -0.497 e. The van der Waals surface area contributed by atoms with E-state index in [4.69, 9.17) is 25.8 Å². The molecule has 1 amide bonds. The first-order valence-corrected chi connectivity index (χ1v) is 6.70. The van der Waals surface area contributed by atoms with Gasteiger partial charge < -0.3 is 19.5 Å². The molecule has 2 aromatic rings. The summed E-state index contributed by atoms with van der Waals surface area (Å²) in [6.07, 6.45) is 0. The number of amides is 1. The van der Waals surface area contributed by atoms with Crippen molar-refractivity contribution >= 4 is 23.2 Å². The maximum Gasteiger partial charge on any atom is 0.256 e. The predicted octanol–water partition coefficient (Wildman–Crippen LogP) is 3.01. The molecule has 0 unspecified atom stereocenters. The number of hydrogen-bond donors (Lipinski definition) is 1. The number of methoxy groups -OCH3 is 3. The quantitative estimate of drug-likeness (QED) is 0.857. The van der Waals surface area contributed by atoms with Crippen LogP contribution in [0.15, 0.2) is 30.3 Å². The largest absolute Gasteiger partial charge is 0.497 e. The molecule has 2 rings (SSSR count). The van der Waals surface area contributed by atoms with E-state index in [0.29, 0.717) is 22.7 Å². The molecule has 1 heterocycles. The average molecular weight is 323 g/mol. The molecule has 7 heteroatoms. The summed E-state index contributed by atoms with van der Waals surface area (Å²) >= 11 is 5.87. The summed E-state index contributed by atoms with van der Waals surface area (Å²) in [5.41, 5.74) is 0.806. The minimum absolute atomic E-state index is 0.169. The normalized spacial score (nSPS) is 10.0. The number of pyridine rings is 1. The van der Waals surface area contributed by atoms with Crippen molar-refractivity contribution in [2.24, 2.45) is 0 Å². The fourth-order valence-electron chi connectivity index (χ4n) is 1.81. The van der Waals surface area contributed by atoms with Crippen LogP contribution in [0, 0.1) is 0 Å². The van der Waals surface area contributed by atoms with Crippen LogP contribution in [0.3, 0.4) is 0 Å². The zero-order valence-electron chi connectivity index (χ0n) is 12.3. The summed E-state index contributed by atoms with van der Waals surface area (Å²) in [6, 6.07) is 8.05. The van der Waals surface area contributed by atoms with Gasteiger partial charge in [-0.15, -0.1) is 0 Å². The molecule has 1 N–H and O–H groups in total. The zero-order chi connectivity index (χ0) is 16.1. The van der Waals surface area contributed by atoms with Gasteiger partial charge in [-0.1, -0.05) is 11.6 Å². The number of nitrogens with zero attached hydrogens (tertiary/aromatic N) is 1. The van der Waals surface area contributed by atoms with Crippen LogP contribution in [-0.4, -0.2) is 32.2 Å². The molecule has 6 nitrogen and oxygen atoms in total. The predicted molar refractivity (Wildman–Crippen MR) is 83.3 cm³/mol. The molecule has 0 aliphatic carbocycles. The number of carbonyl (C=O) groups excluding carboxylic acids is 1. The molecule has 116 valence electrons. The van der Waals surface area contributed by atoms with Gasteiger partial charge in [0.2, 0.25) is 5.88 Å². The highest BCUT2D eigenvalue weighted by molar-refractivity contribution is 6.30. The monoisotopic (exact) mass is 322 g/mol. The van der Waals surface area contributed by atoms with Crippen molar-refractivity contribution in [3.8, 4) is 17.4 Å². The Bertz CT molecular complexity index is 691. The SMILES string of the molecule is COc1ccc(OC)c(NC(=O)c2cc(Cl)nc(OC)c2)c1. The lowest BCUT2D eigenvalue weighted by Crippen LogP contribution is -2.13. The van der Waals surface area contributed by atoms with Gasteiger partial charge in [0.05, 0.1) is 27.0 Å². The van der Waals surface area contributed by atoms with E-state index in [1.165, 1.54) is 26.4 Å². The number of anilines is 1. The van der Waals surface area contributed by atoms with E-state index in [-0.39, 0.29) is 16.9 Å². The van der Waals surface area contributed by atoms with Crippen LogP contribution in [0.1, 0.15) is 10.4 Å². The van der Waals surface area contributed by atoms with Crippen molar-refractivity contribution in [2.45, 2.75) is 0 Å². The van der Waals surface area contributed by atoms with E-state index in [2.05, 4.69) is 10.3 Å². The first kappa shape index (κ1) is 15.9. The van der Waals surface area contributed by atoms with E-state index >= 15 is 0 Å². The van der Waals surface area contributed by atoms with Gasteiger partial charge in [-0.25, -0.2) is 4.98 Å². The van der Waals surface area contributed by atoms with Crippen LogP contribution >= 0.6 is 11.6 Å². The first-order valence-electron chi connectivity index (χ1n) is 6.32. The Kier molecular flexibility index (Phi) is 5.06. The number of benzene rings is 1. The summed E-state index contributed by atoms with van der Waals surface area (Å²) in [7, 11) is 4.51. The molecule has 0 atom stereocenters. The molecule has 0 saturated heterocycles. The van der Waals surface area contributed by atoms with E-state index < -0.39 is 0 Å². The van der Waals surface area contributed by atoms with Crippen LogP contribution in [0.2, 0.25) is 5.15 Å². The molecule has 0 saturated carbocycles. The summed E-state index contributed by atoms with van der Waals surface area (Å²) in [4.78, 5) is 16.3. The number of nitrogens with one attached hydrogen (secondary N) is 1. The van der Waals surface area contributed by atoms with Crippen molar-refractivity contribution in [3.63, 3.8) is 0 Å². The Balaban J connectivity index is 2.30. The van der Waals surface area contributed by atoms with Crippen LogP contribution < -0.4 is 19.5 Å². The number of hydrogen-bond acceptors (Lipinski definition) is 5. The summed E-state index contributed by atoms with van der Waals surface area (Å²) in [5.74, 6) is 1.01. The number of rotatable bonds is 5. The first-order chi connectivity index (χ1) is 10.6. The van der Waals surface area contributed by atoms with Gasteiger partial charge in [-0.2, -0.15) is 0 Å². The van der Waals surface area contributed by atoms with Crippen molar-refractivity contribution in [2.75, 3.05) is 26.6 Å². The molecule has 0 radical (unpaired) electrons. The number of halogens is 1. The second-order valence-corrected chi connectivity index (χ2v) is 4.63. The van der Waals surface area contributed by atoms with E-state index in [1.54, 1.807) is 25.3 Å². The summed E-state index contributed by atoms with van der Waals surface area (Å²) in [5, 5.41) is 2.91. The average Bonchev–Trinajstić information content (AvgIpc) is 2.53. The number of carbonyl (C=O) groups is 1. The molecular formula is C15H15ClN2O4. The fraction of sp³-hybridized carbons (Fsp3) is 0.200. The Morgan fingerprint density at radius 3 is 2.50 bits per heavy atom. The van der Waals surface area contributed by atoms with Crippen molar-refractivity contribution in [1.29, 1.82) is 0 Å². The van der Waals surface area contributed by atoms with Gasteiger partial charge in [-0.3, -0.25) is 4.79 Å². The lowest BCUT2D eigenvalue weighted by atomic mass is 10.2. The summed E-state index contributed by atoms with van der Waals surface area (Å²) < 4.78 is 15.4. The van der Waals surface area contributed by atoms with Gasteiger partial charge >= 0.3 is 0 Å². The van der Waals surface area contributed by atoms with Crippen molar-refractivity contribution < 1.29 is 19.0 Å². The van der Waals surface area contributed by atoms with Crippen LogP contribution in [-0.2, 0) is 0 Å². The lowest BCUT2D eigenvalue weighted by molar-refractivity contribution is 0.102. The highest BCUT2D eigenvalue weighted by Gasteiger charge is 2.13. The third-order valence-corrected chi connectivity index (χ3v) is 3.09. The van der Waals surface area contributed by atoms with Gasteiger partial charge in [0.25, 0.3) is 5.91 Å². The van der Waals surface area contributed by atoms with E-state index in [0.717, 1.165) is 0 Å². The Labute approximate surface area is 133 Å². The number of aromatic nitrogens is 1. The molecule has 0 fully saturated rings. The standard InChI is InChI=1S/C15H15ClN2O4/c1-20-10-4-5-12(21-2)11(8-10)17-15(19)9-6-13(16)18-14(7-9)22-3/h4-8H,1-3H3,(H,17,19). The second-order valence-electron chi connectivity index (χ2n) is 4.24. The van der Waals surface area contributed by atoms with Gasteiger partial charge in [0, 0.05) is 17.7 Å². The Morgan fingerprint density at radius 2 is 1.86 bits per heavy atom. The number of ether oxygens (including phenoxy) is 3. The van der Waals surface area contributed by atoms with Gasteiger partial charge in [0.1, 0.15) is 16.7 Å². The topological polar surface area (TPSA) is 69.7 Å². The van der Waals surface area contributed by atoms with Crippen LogP contribution in [0.5, 0.6) is 17.4 Å². The maximum absolute atomic E-state index is 12.4. The minimum atomic E-state index is -0.367. The molecule has 0 bridgehead atoms. The molecule has 1 aromatic carbocycles. The third kappa shape index (κ3) is 3.59. The molecule has 22 heavy (non-hydrogen) atoms. The third-order valence-electron chi connectivity index (χ3n) is 2.90. The fourth-order valence-corrected chi connectivity index (χ4v) is 2.02. The highest BCUT2D eigenvalue weighted by Crippen LogP contribution is 2.29. The van der Waals surface area contributed by atoms with E-state index in [1.807, 2.05) is 0 Å². The molecule has 0 aliphatic heterocycles. The lowest BCUT2D eigenvalue weighted by Gasteiger charge is -2.12. The second kappa shape index (κ2) is 7.00. The van der Waals surface area contributed by atoms with Gasteiger partial charge in [0.15, 0.2) is 0 Å². The Hall–Kier alpha value is -2.47.